The van der Waals surface area contributed by atoms with Crippen LogP contribution >= 0.6 is 0 Å². The van der Waals surface area contributed by atoms with Gasteiger partial charge in [-0.25, -0.2) is 4.39 Å². The highest BCUT2D eigenvalue weighted by Crippen LogP contribution is 2.17. The Morgan fingerprint density at radius 1 is 1.38 bits per heavy atom. The van der Waals surface area contributed by atoms with Gasteiger partial charge in [0, 0.05) is 18.5 Å². The lowest BCUT2D eigenvalue weighted by Crippen LogP contribution is -2.27. The van der Waals surface area contributed by atoms with E-state index in [1.54, 1.807) is 0 Å². The summed E-state index contributed by atoms with van der Waals surface area (Å²) in [6.07, 6.45) is 1.15. The molecule has 1 aromatic rings. The minimum Gasteiger partial charge on any atom is -0.395 e. The number of nitrogens with one attached hydrogen (secondary N) is 1. The Labute approximate surface area is 125 Å². The Morgan fingerprint density at radius 2 is 2.10 bits per heavy atom. The summed E-state index contributed by atoms with van der Waals surface area (Å²) in [7, 11) is 0. The van der Waals surface area contributed by atoms with Crippen LogP contribution in [-0.2, 0) is 0 Å². The van der Waals surface area contributed by atoms with E-state index in [0.29, 0.717) is 24.1 Å². The average Bonchev–Trinajstić information content (AvgIpc) is 2.37. The number of rotatable bonds is 4. The number of benzene rings is 1. The molecule has 0 bridgehead atoms. The second kappa shape index (κ2) is 7.80. The molecule has 21 heavy (non-hydrogen) atoms. The van der Waals surface area contributed by atoms with Crippen molar-refractivity contribution in [3.63, 3.8) is 0 Å². The fraction of sp³-hybridized carbons (Fsp3) is 0.471. The third-order valence-electron chi connectivity index (χ3n) is 2.85. The van der Waals surface area contributed by atoms with E-state index in [-0.39, 0.29) is 17.9 Å². The molecule has 0 aliphatic heterocycles. The van der Waals surface area contributed by atoms with Crippen LogP contribution in [0.5, 0.6) is 0 Å². The molecule has 0 heterocycles. The lowest BCUT2D eigenvalue weighted by molar-refractivity contribution is 0.0949. The molecule has 1 amide bonds. The number of aliphatic hydroxyl groups is 1. The molecule has 1 aromatic carbocycles. The summed E-state index contributed by atoms with van der Waals surface area (Å²) < 4.78 is 13.3. The van der Waals surface area contributed by atoms with Gasteiger partial charge >= 0.3 is 0 Å². The van der Waals surface area contributed by atoms with Gasteiger partial charge in [-0.3, -0.25) is 4.79 Å². The van der Waals surface area contributed by atoms with Gasteiger partial charge in [0.1, 0.15) is 5.82 Å². The number of hydrogen-bond acceptors (Lipinski definition) is 2. The van der Waals surface area contributed by atoms with Crippen LogP contribution in [0, 0.1) is 23.1 Å². The van der Waals surface area contributed by atoms with E-state index in [1.165, 1.54) is 18.2 Å². The maximum absolute atomic E-state index is 13.3. The number of carbonyl (C=O) groups is 1. The zero-order valence-electron chi connectivity index (χ0n) is 12.8. The smallest absolute Gasteiger partial charge is 0.252 e. The molecule has 0 saturated carbocycles. The predicted octanol–water partition coefficient (Wildman–Crippen LogP) is 2.73. The van der Waals surface area contributed by atoms with Crippen molar-refractivity contribution < 1.29 is 14.3 Å². The van der Waals surface area contributed by atoms with Crippen molar-refractivity contribution >= 4 is 5.91 Å². The average molecular weight is 291 g/mol. The minimum atomic E-state index is -0.436. The quantitative estimate of drug-likeness (QED) is 0.838. The van der Waals surface area contributed by atoms with Gasteiger partial charge in [0.25, 0.3) is 5.91 Å². The molecule has 114 valence electrons. The SMILES string of the molecule is CC(C)(C)CCNC(=O)c1ccc(F)cc1C#CCCO. The normalized spacial score (nSPS) is 10.7. The molecule has 1 rings (SSSR count). The standard InChI is InChI=1S/C17H22FNO2/c1-17(2,3)9-10-19-16(21)15-8-7-14(18)12-13(15)6-4-5-11-20/h7-8,12,20H,5,9-11H2,1-3H3,(H,19,21). The van der Waals surface area contributed by atoms with Crippen LogP contribution in [0.15, 0.2) is 18.2 Å². The zero-order valence-corrected chi connectivity index (χ0v) is 12.8. The summed E-state index contributed by atoms with van der Waals surface area (Å²) in [5.74, 6) is 4.75. The van der Waals surface area contributed by atoms with Gasteiger partial charge in [-0.15, -0.1) is 0 Å². The van der Waals surface area contributed by atoms with Crippen molar-refractivity contribution in [1.29, 1.82) is 0 Å². The van der Waals surface area contributed by atoms with Crippen LogP contribution < -0.4 is 5.32 Å². The number of carbonyl (C=O) groups excluding carboxylic acids is 1. The maximum atomic E-state index is 13.3. The topological polar surface area (TPSA) is 49.3 Å². The third-order valence-corrected chi connectivity index (χ3v) is 2.85. The Kier molecular flexibility index (Phi) is 6.39. The lowest BCUT2D eigenvalue weighted by Gasteiger charge is -2.18. The van der Waals surface area contributed by atoms with Gasteiger partial charge in [0.15, 0.2) is 0 Å². The Hall–Kier alpha value is -1.86. The summed E-state index contributed by atoms with van der Waals surface area (Å²) in [6.45, 7) is 6.80. The fourth-order valence-electron chi connectivity index (χ4n) is 1.68. The van der Waals surface area contributed by atoms with Crippen molar-refractivity contribution in [2.45, 2.75) is 33.6 Å². The summed E-state index contributed by atoms with van der Waals surface area (Å²) in [4.78, 5) is 12.1. The van der Waals surface area contributed by atoms with Crippen LogP contribution in [0.1, 0.15) is 49.5 Å². The van der Waals surface area contributed by atoms with E-state index >= 15 is 0 Å². The molecule has 0 fully saturated rings. The Bertz CT molecular complexity index is 550. The lowest BCUT2D eigenvalue weighted by atomic mass is 9.92. The largest absolute Gasteiger partial charge is 0.395 e. The molecule has 3 nitrogen and oxygen atoms in total. The molecule has 0 radical (unpaired) electrons. The van der Waals surface area contributed by atoms with Crippen molar-refractivity contribution in [3.05, 3.63) is 35.1 Å². The molecule has 0 atom stereocenters. The van der Waals surface area contributed by atoms with E-state index in [9.17, 15) is 9.18 Å². The minimum absolute atomic E-state index is 0.0601. The highest BCUT2D eigenvalue weighted by molar-refractivity contribution is 5.96. The number of amides is 1. The molecule has 2 N–H and O–H groups in total. The highest BCUT2D eigenvalue weighted by Gasteiger charge is 2.13. The first kappa shape index (κ1) is 17.2. The Morgan fingerprint density at radius 3 is 2.71 bits per heavy atom. The van der Waals surface area contributed by atoms with Crippen molar-refractivity contribution in [1.82, 2.24) is 5.32 Å². The summed E-state index contributed by atoms with van der Waals surface area (Å²) >= 11 is 0. The second-order valence-electron chi connectivity index (χ2n) is 6.03. The van der Waals surface area contributed by atoms with Gasteiger partial charge < -0.3 is 10.4 Å². The molecule has 0 saturated heterocycles. The van der Waals surface area contributed by atoms with Gasteiger partial charge in [0.05, 0.1) is 12.2 Å². The third kappa shape index (κ3) is 6.42. The van der Waals surface area contributed by atoms with Crippen molar-refractivity contribution in [2.24, 2.45) is 5.41 Å². The molecule has 0 aliphatic carbocycles. The first-order chi connectivity index (χ1) is 9.83. The van der Waals surface area contributed by atoms with Gasteiger partial charge in [-0.05, 0) is 30.0 Å². The van der Waals surface area contributed by atoms with Crippen LogP contribution in [0.25, 0.3) is 0 Å². The first-order valence-electron chi connectivity index (χ1n) is 7.01. The summed E-state index contributed by atoms with van der Waals surface area (Å²) in [6, 6.07) is 3.92. The van der Waals surface area contributed by atoms with Crippen molar-refractivity contribution in [3.8, 4) is 11.8 Å². The number of hydrogen-bond donors (Lipinski definition) is 2. The highest BCUT2D eigenvalue weighted by atomic mass is 19.1. The second-order valence-corrected chi connectivity index (χ2v) is 6.03. The molecular formula is C17H22FNO2. The first-order valence-corrected chi connectivity index (χ1v) is 7.01. The molecule has 0 unspecified atom stereocenters. The Balaban J connectivity index is 2.82. The van der Waals surface area contributed by atoms with Crippen LogP contribution in [-0.4, -0.2) is 24.2 Å². The van der Waals surface area contributed by atoms with Gasteiger partial charge in [-0.2, -0.15) is 0 Å². The molecule has 4 heteroatoms. The monoisotopic (exact) mass is 291 g/mol. The van der Waals surface area contributed by atoms with E-state index in [0.717, 1.165) is 6.42 Å². The molecule has 0 aromatic heterocycles. The van der Waals surface area contributed by atoms with Crippen LogP contribution in [0.4, 0.5) is 4.39 Å². The molecule has 0 aliphatic rings. The van der Waals surface area contributed by atoms with Crippen LogP contribution in [0.3, 0.4) is 0 Å². The number of halogens is 1. The summed E-state index contributed by atoms with van der Waals surface area (Å²) in [5, 5.41) is 11.5. The predicted molar refractivity (Wildman–Crippen MR) is 81.4 cm³/mol. The van der Waals surface area contributed by atoms with E-state index < -0.39 is 5.82 Å². The molecule has 0 spiro atoms. The van der Waals surface area contributed by atoms with Crippen LogP contribution in [0.2, 0.25) is 0 Å². The van der Waals surface area contributed by atoms with Gasteiger partial charge in [0.2, 0.25) is 0 Å². The summed E-state index contributed by atoms with van der Waals surface area (Å²) in [5.41, 5.74) is 0.840. The van der Waals surface area contributed by atoms with E-state index in [2.05, 4.69) is 37.9 Å². The zero-order chi connectivity index (χ0) is 15.9. The fourth-order valence-corrected chi connectivity index (χ4v) is 1.68. The van der Waals surface area contributed by atoms with E-state index in [1.807, 2.05) is 0 Å². The number of aliphatic hydroxyl groups excluding tert-OH is 1. The van der Waals surface area contributed by atoms with E-state index in [4.69, 9.17) is 5.11 Å². The van der Waals surface area contributed by atoms with Crippen molar-refractivity contribution in [2.75, 3.05) is 13.2 Å². The van der Waals surface area contributed by atoms with Gasteiger partial charge in [-0.1, -0.05) is 32.6 Å². The molecular weight excluding hydrogens is 269 g/mol. The maximum Gasteiger partial charge on any atom is 0.252 e.